The summed E-state index contributed by atoms with van der Waals surface area (Å²) in [6.07, 6.45) is 0. The zero-order chi connectivity index (χ0) is 17.7. The van der Waals surface area contributed by atoms with Crippen LogP contribution >= 0.6 is 11.6 Å². The minimum absolute atomic E-state index is 0.264. The number of hydrogen-bond acceptors (Lipinski definition) is 4. The molecule has 0 spiro atoms. The van der Waals surface area contributed by atoms with Crippen molar-refractivity contribution in [1.82, 2.24) is 4.98 Å². The zero-order valence-electron chi connectivity index (χ0n) is 14.5. The van der Waals surface area contributed by atoms with E-state index in [0.29, 0.717) is 11.6 Å². The molecule has 1 aliphatic rings. The van der Waals surface area contributed by atoms with Gasteiger partial charge in [0.05, 0.1) is 22.8 Å². The second kappa shape index (κ2) is 5.79. The third-order valence-electron chi connectivity index (χ3n) is 4.76. The normalized spacial score (nSPS) is 19.0. The van der Waals surface area contributed by atoms with Gasteiger partial charge in [-0.1, -0.05) is 23.7 Å². The Bertz CT molecular complexity index is 783. The molecule has 128 valence electrons. The van der Waals surface area contributed by atoms with Gasteiger partial charge in [-0.25, -0.2) is 4.79 Å². The molecule has 5 nitrogen and oxygen atoms in total. The number of H-pyrrole nitrogens is 1. The second-order valence-electron chi connectivity index (χ2n) is 6.93. The number of benzene rings is 1. The largest absolute Gasteiger partial charge is 0.494 e. The third kappa shape index (κ3) is 2.72. The molecule has 1 aromatic heterocycles. The Balaban J connectivity index is 1.98. The van der Waals surface area contributed by atoms with Crippen molar-refractivity contribution in [3.8, 4) is 0 Å². The summed E-state index contributed by atoms with van der Waals surface area (Å²) in [4.78, 5) is 15.0. The maximum atomic E-state index is 12.0. The number of aromatic amines is 1. The molecule has 0 saturated carbocycles. The van der Waals surface area contributed by atoms with E-state index in [9.17, 15) is 4.79 Å². The Morgan fingerprint density at radius 1 is 1.25 bits per heavy atom. The van der Waals surface area contributed by atoms with Crippen LogP contribution < -0.4 is 5.46 Å². The number of carbonyl (C=O) groups excluding carboxylic acids is 1. The van der Waals surface area contributed by atoms with Crippen molar-refractivity contribution in [2.45, 2.75) is 45.8 Å². The standard InChI is InChI=1S/C17H21BClNO4/c1-6-22-15(21)14-13(19)11-9-10(7-8-12(11)20-14)18-23-16(2,3)17(4,5)24-18/h7-9,20H,6H2,1-5H3. The SMILES string of the molecule is CCOC(=O)c1[nH]c2ccc(B3OC(C)(C)C(C)(C)O3)cc2c1Cl. The molecule has 2 heterocycles. The lowest BCUT2D eigenvalue weighted by Crippen LogP contribution is -2.41. The average Bonchev–Trinajstić information content (AvgIpc) is 2.93. The molecule has 24 heavy (non-hydrogen) atoms. The van der Waals surface area contributed by atoms with Gasteiger partial charge in [-0.05, 0) is 46.1 Å². The number of rotatable bonds is 3. The van der Waals surface area contributed by atoms with Gasteiger partial charge in [-0.2, -0.15) is 0 Å². The number of esters is 1. The Labute approximate surface area is 146 Å². The number of fused-ring (bicyclic) bond motifs is 1. The van der Waals surface area contributed by atoms with Crippen molar-refractivity contribution >= 4 is 41.1 Å². The molecule has 1 aliphatic heterocycles. The number of halogens is 1. The summed E-state index contributed by atoms with van der Waals surface area (Å²) in [5, 5.41) is 1.09. The van der Waals surface area contributed by atoms with Crippen LogP contribution in [-0.4, -0.2) is 35.9 Å². The highest BCUT2D eigenvalue weighted by atomic mass is 35.5. The Morgan fingerprint density at radius 3 is 2.46 bits per heavy atom. The molecule has 7 heteroatoms. The first-order chi connectivity index (χ1) is 11.2. The smallest absolute Gasteiger partial charge is 0.461 e. The monoisotopic (exact) mass is 349 g/mol. The van der Waals surface area contributed by atoms with Gasteiger partial charge in [0.2, 0.25) is 0 Å². The van der Waals surface area contributed by atoms with Gasteiger partial charge >= 0.3 is 13.1 Å². The first-order valence-corrected chi connectivity index (χ1v) is 8.38. The predicted molar refractivity (Wildman–Crippen MR) is 95.0 cm³/mol. The lowest BCUT2D eigenvalue weighted by molar-refractivity contribution is 0.00578. The summed E-state index contributed by atoms with van der Waals surface area (Å²) in [6, 6.07) is 5.66. The molecular formula is C17H21BClNO4. The van der Waals surface area contributed by atoms with Crippen LogP contribution in [0.4, 0.5) is 0 Å². The van der Waals surface area contributed by atoms with E-state index in [1.165, 1.54) is 0 Å². The number of ether oxygens (including phenoxy) is 1. The highest BCUT2D eigenvalue weighted by molar-refractivity contribution is 6.62. The fourth-order valence-electron chi connectivity index (χ4n) is 2.65. The van der Waals surface area contributed by atoms with Crippen molar-refractivity contribution in [2.24, 2.45) is 0 Å². The van der Waals surface area contributed by atoms with E-state index in [4.69, 9.17) is 25.6 Å². The quantitative estimate of drug-likeness (QED) is 0.682. The lowest BCUT2D eigenvalue weighted by Gasteiger charge is -2.32. The number of aromatic nitrogens is 1. The van der Waals surface area contributed by atoms with Crippen molar-refractivity contribution in [2.75, 3.05) is 6.61 Å². The summed E-state index contributed by atoms with van der Waals surface area (Å²) in [7, 11) is -0.476. The maximum absolute atomic E-state index is 12.0. The summed E-state index contributed by atoms with van der Waals surface area (Å²) >= 11 is 6.36. The average molecular weight is 350 g/mol. The Hall–Kier alpha value is -1.50. The predicted octanol–water partition coefficient (Wildman–Crippen LogP) is 3.30. The Morgan fingerprint density at radius 2 is 1.88 bits per heavy atom. The Kier molecular flexibility index (Phi) is 4.18. The topological polar surface area (TPSA) is 60.6 Å². The molecule has 0 aliphatic carbocycles. The minimum atomic E-state index is -0.476. The molecule has 1 fully saturated rings. The van der Waals surface area contributed by atoms with Crippen molar-refractivity contribution in [3.05, 3.63) is 28.9 Å². The molecule has 1 aromatic carbocycles. The van der Waals surface area contributed by atoms with Crippen LogP contribution in [0, 0.1) is 0 Å². The molecule has 2 aromatic rings. The molecule has 3 rings (SSSR count). The molecule has 0 unspecified atom stereocenters. The van der Waals surface area contributed by atoms with E-state index < -0.39 is 24.3 Å². The van der Waals surface area contributed by atoms with Crippen LogP contribution in [0.3, 0.4) is 0 Å². The van der Waals surface area contributed by atoms with E-state index in [1.807, 2.05) is 45.9 Å². The first-order valence-electron chi connectivity index (χ1n) is 8.00. The van der Waals surface area contributed by atoms with Crippen LogP contribution in [0.25, 0.3) is 10.9 Å². The van der Waals surface area contributed by atoms with Crippen LogP contribution in [-0.2, 0) is 14.0 Å². The van der Waals surface area contributed by atoms with E-state index in [2.05, 4.69) is 4.98 Å². The highest BCUT2D eigenvalue weighted by Gasteiger charge is 2.51. The fraction of sp³-hybridized carbons (Fsp3) is 0.471. The van der Waals surface area contributed by atoms with Gasteiger partial charge in [0.15, 0.2) is 0 Å². The maximum Gasteiger partial charge on any atom is 0.494 e. The molecular weight excluding hydrogens is 328 g/mol. The first kappa shape index (κ1) is 17.3. The molecule has 0 radical (unpaired) electrons. The van der Waals surface area contributed by atoms with Gasteiger partial charge in [0.25, 0.3) is 0 Å². The van der Waals surface area contributed by atoms with Gasteiger partial charge in [0, 0.05) is 10.9 Å². The minimum Gasteiger partial charge on any atom is -0.461 e. The van der Waals surface area contributed by atoms with Gasteiger partial charge in [0.1, 0.15) is 5.69 Å². The van der Waals surface area contributed by atoms with Crippen molar-refractivity contribution in [1.29, 1.82) is 0 Å². The van der Waals surface area contributed by atoms with Gasteiger partial charge in [-0.3, -0.25) is 0 Å². The summed E-state index contributed by atoms with van der Waals surface area (Å²) in [5.74, 6) is -0.462. The summed E-state index contributed by atoms with van der Waals surface area (Å²) in [6.45, 7) is 10.1. The third-order valence-corrected chi connectivity index (χ3v) is 5.16. The fourth-order valence-corrected chi connectivity index (χ4v) is 2.93. The van der Waals surface area contributed by atoms with E-state index >= 15 is 0 Å². The molecule has 1 saturated heterocycles. The van der Waals surface area contributed by atoms with E-state index in [0.717, 1.165) is 16.4 Å². The van der Waals surface area contributed by atoms with Crippen LogP contribution in [0.1, 0.15) is 45.1 Å². The molecule has 0 bridgehead atoms. The van der Waals surface area contributed by atoms with E-state index in [1.54, 1.807) is 6.92 Å². The van der Waals surface area contributed by atoms with Crippen molar-refractivity contribution < 1.29 is 18.8 Å². The van der Waals surface area contributed by atoms with Crippen LogP contribution in [0.5, 0.6) is 0 Å². The van der Waals surface area contributed by atoms with Gasteiger partial charge in [-0.15, -0.1) is 0 Å². The highest BCUT2D eigenvalue weighted by Crippen LogP contribution is 2.37. The van der Waals surface area contributed by atoms with Gasteiger partial charge < -0.3 is 19.0 Å². The second-order valence-corrected chi connectivity index (χ2v) is 7.31. The molecule has 1 N–H and O–H groups in total. The summed E-state index contributed by atoms with van der Waals surface area (Å²) in [5.41, 5.74) is 1.07. The number of nitrogens with one attached hydrogen (secondary N) is 1. The number of carbonyl (C=O) groups is 1. The number of hydrogen-bond donors (Lipinski definition) is 1. The zero-order valence-corrected chi connectivity index (χ0v) is 15.3. The van der Waals surface area contributed by atoms with Crippen LogP contribution in [0.2, 0.25) is 5.02 Å². The van der Waals surface area contributed by atoms with E-state index in [-0.39, 0.29) is 5.69 Å². The molecule has 0 amide bonds. The van der Waals surface area contributed by atoms with Crippen LogP contribution in [0.15, 0.2) is 18.2 Å². The lowest BCUT2D eigenvalue weighted by atomic mass is 9.78. The summed E-state index contributed by atoms with van der Waals surface area (Å²) < 4.78 is 17.1. The molecule has 0 atom stereocenters. The van der Waals surface area contributed by atoms with Crippen molar-refractivity contribution in [3.63, 3.8) is 0 Å².